The molecule has 0 fully saturated rings. The highest BCUT2D eigenvalue weighted by atomic mass is 32.2. The Kier molecular flexibility index (Phi) is 4.86. The minimum absolute atomic E-state index is 0.361. The number of aromatic nitrogens is 4. The molecule has 0 saturated carbocycles. The van der Waals surface area contributed by atoms with Crippen LogP contribution in [0.1, 0.15) is 10.4 Å². The summed E-state index contributed by atoms with van der Waals surface area (Å²) in [4.78, 5) is 21.5. The van der Waals surface area contributed by atoms with Gasteiger partial charge < -0.3 is 0 Å². The highest BCUT2D eigenvalue weighted by Crippen LogP contribution is 2.25. The number of aliphatic imine (C=N–C) groups is 2. The number of thiophene rings is 1. The Bertz CT molecular complexity index is 1070. The van der Waals surface area contributed by atoms with Crippen LogP contribution in [0.5, 0.6) is 0 Å². The van der Waals surface area contributed by atoms with Crippen LogP contribution < -0.4 is 0 Å². The van der Waals surface area contributed by atoms with E-state index in [9.17, 15) is 10.1 Å². The number of benzene rings is 1. The Hall–Kier alpha value is -3.16. The van der Waals surface area contributed by atoms with E-state index in [2.05, 4.69) is 30.6 Å². The van der Waals surface area contributed by atoms with Gasteiger partial charge in [0.2, 0.25) is 5.82 Å². The van der Waals surface area contributed by atoms with Crippen LogP contribution in [-0.2, 0) is 10.5 Å². The van der Waals surface area contributed by atoms with E-state index in [1.807, 2.05) is 47.8 Å². The lowest BCUT2D eigenvalue weighted by Gasteiger charge is -2.14. The molecule has 4 rings (SSSR count). The molecule has 1 atom stereocenters. The summed E-state index contributed by atoms with van der Waals surface area (Å²) in [6.07, 6.45) is 0. The van der Waals surface area contributed by atoms with E-state index in [0.717, 1.165) is 16.0 Å². The summed E-state index contributed by atoms with van der Waals surface area (Å²) in [5.41, 5.74) is 2.32. The lowest BCUT2D eigenvalue weighted by molar-refractivity contribution is -0.118. The molecule has 132 valence electrons. The number of rotatable bonds is 4. The Morgan fingerprint density at radius 3 is 2.93 bits per heavy atom. The van der Waals surface area contributed by atoms with E-state index in [1.165, 1.54) is 23.1 Å². The van der Waals surface area contributed by atoms with Gasteiger partial charge in [0.15, 0.2) is 11.1 Å². The van der Waals surface area contributed by atoms with Crippen LogP contribution in [0.3, 0.4) is 0 Å². The van der Waals surface area contributed by atoms with Gasteiger partial charge in [-0.05, 0) is 28.3 Å². The second-order valence-electron chi connectivity index (χ2n) is 5.49. The zero-order valence-corrected chi connectivity index (χ0v) is 15.4. The van der Waals surface area contributed by atoms with Gasteiger partial charge in [0.1, 0.15) is 0 Å². The largest absolute Gasteiger partial charge is 0.271 e. The van der Waals surface area contributed by atoms with Gasteiger partial charge in [-0.15, -0.1) is 21.5 Å². The maximum absolute atomic E-state index is 12.2. The van der Waals surface area contributed by atoms with E-state index >= 15 is 0 Å². The number of nitrogens with one attached hydrogen (secondary N) is 1. The maximum atomic E-state index is 12.2. The molecule has 27 heavy (non-hydrogen) atoms. The van der Waals surface area contributed by atoms with Gasteiger partial charge in [-0.25, -0.2) is 4.99 Å². The first-order valence-corrected chi connectivity index (χ1v) is 9.71. The molecular formula is C17H11N7OS2. The number of tetrazole rings is 1. The molecular weight excluding hydrogens is 382 g/mol. The van der Waals surface area contributed by atoms with E-state index < -0.39 is 11.8 Å². The van der Waals surface area contributed by atoms with Crippen LogP contribution in [0.25, 0.3) is 11.4 Å². The van der Waals surface area contributed by atoms with E-state index in [4.69, 9.17) is 0 Å². The standard InChI is InChI=1S/C17H11N7OS2/c18-8-12-14(13-5-2-6-26-13)19-17(20-16(12)25)27-9-10-3-1-4-11(7-10)15-21-23-24-22-15/h1-7,12H,9H2,(H,21,22,23,24). The summed E-state index contributed by atoms with van der Waals surface area (Å²) in [5, 5.41) is 25.5. The molecule has 8 nitrogen and oxygen atoms in total. The molecule has 3 aromatic rings. The van der Waals surface area contributed by atoms with E-state index in [0.29, 0.717) is 22.5 Å². The van der Waals surface area contributed by atoms with Crippen molar-refractivity contribution in [3.05, 3.63) is 52.2 Å². The Morgan fingerprint density at radius 2 is 2.19 bits per heavy atom. The van der Waals surface area contributed by atoms with Crippen LogP contribution in [0.2, 0.25) is 0 Å². The van der Waals surface area contributed by atoms with Crippen LogP contribution >= 0.6 is 23.1 Å². The molecule has 0 aliphatic carbocycles. The first kappa shape index (κ1) is 17.3. The predicted octanol–water partition coefficient (Wildman–Crippen LogP) is 2.69. The Balaban J connectivity index is 1.54. The fourth-order valence-corrected chi connectivity index (χ4v) is 4.04. The molecule has 2 aromatic heterocycles. The Labute approximate surface area is 162 Å². The summed E-state index contributed by atoms with van der Waals surface area (Å²) in [6, 6.07) is 13.4. The molecule has 1 amide bonds. The minimum atomic E-state index is -0.949. The van der Waals surface area contributed by atoms with Crippen molar-refractivity contribution in [2.24, 2.45) is 15.9 Å². The third kappa shape index (κ3) is 3.69. The molecule has 1 aromatic carbocycles. The SMILES string of the molecule is N#CC1C(=O)N=C(SCc2cccc(-c3nn[nH]n3)c2)N=C1c1cccs1. The molecule has 10 heteroatoms. The monoisotopic (exact) mass is 393 g/mol. The first-order chi connectivity index (χ1) is 13.2. The molecule has 1 aliphatic heterocycles. The fraction of sp³-hybridized carbons (Fsp3) is 0.118. The molecule has 1 unspecified atom stereocenters. The quantitative estimate of drug-likeness (QED) is 0.727. The Morgan fingerprint density at radius 1 is 1.26 bits per heavy atom. The third-order valence-electron chi connectivity index (χ3n) is 3.74. The average molecular weight is 393 g/mol. The number of H-pyrrole nitrogens is 1. The van der Waals surface area contributed by atoms with Gasteiger partial charge in [-0.2, -0.15) is 15.5 Å². The number of aromatic amines is 1. The smallest absolute Gasteiger partial charge is 0.271 e. The van der Waals surface area contributed by atoms with Crippen LogP contribution in [0, 0.1) is 17.2 Å². The molecule has 1 N–H and O–H groups in total. The normalized spacial score (nSPS) is 16.6. The van der Waals surface area contributed by atoms with Gasteiger partial charge in [0.05, 0.1) is 16.7 Å². The van der Waals surface area contributed by atoms with E-state index in [-0.39, 0.29) is 0 Å². The highest BCUT2D eigenvalue weighted by molar-refractivity contribution is 8.13. The van der Waals surface area contributed by atoms with Crippen molar-refractivity contribution in [3.8, 4) is 17.5 Å². The van der Waals surface area contributed by atoms with Crippen molar-refractivity contribution in [2.45, 2.75) is 5.75 Å². The fourth-order valence-electron chi connectivity index (χ4n) is 2.50. The topological polar surface area (TPSA) is 120 Å². The number of carbonyl (C=O) groups is 1. The van der Waals surface area contributed by atoms with Crippen molar-refractivity contribution < 1.29 is 4.79 Å². The summed E-state index contributed by atoms with van der Waals surface area (Å²) in [5.74, 6) is -0.341. The van der Waals surface area contributed by atoms with Crippen molar-refractivity contribution in [2.75, 3.05) is 0 Å². The van der Waals surface area contributed by atoms with Crippen molar-refractivity contribution in [1.82, 2.24) is 20.6 Å². The highest BCUT2D eigenvalue weighted by Gasteiger charge is 2.30. The predicted molar refractivity (Wildman–Crippen MR) is 103 cm³/mol. The summed E-state index contributed by atoms with van der Waals surface area (Å²) >= 11 is 2.79. The minimum Gasteiger partial charge on any atom is -0.271 e. The maximum Gasteiger partial charge on any atom is 0.271 e. The summed E-state index contributed by atoms with van der Waals surface area (Å²) in [7, 11) is 0. The molecule has 0 spiro atoms. The number of nitriles is 1. The van der Waals surface area contributed by atoms with Gasteiger partial charge in [0, 0.05) is 11.3 Å². The summed E-state index contributed by atoms with van der Waals surface area (Å²) in [6.45, 7) is 0. The van der Waals surface area contributed by atoms with Gasteiger partial charge in [-0.1, -0.05) is 36.0 Å². The zero-order chi connectivity index (χ0) is 18.6. The number of hydrogen-bond donors (Lipinski definition) is 1. The second-order valence-corrected chi connectivity index (χ2v) is 7.38. The summed E-state index contributed by atoms with van der Waals surface area (Å²) < 4.78 is 0. The molecule has 3 heterocycles. The molecule has 0 radical (unpaired) electrons. The van der Waals surface area contributed by atoms with Crippen molar-refractivity contribution >= 4 is 39.9 Å². The van der Waals surface area contributed by atoms with Crippen molar-refractivity contribution in [3.63, 3.8) is 0 Å². The number of amidine groups is 1. The van der Waals surface area contributed by atoms with Crippen LogP contribution in [0.4, 0.5) is 0 Å². The zero-order valence-electron chi connectivity index (χ0n) is 13.7. The lowest BCUT2D eigenvalue weighted by Crippen LogP contribution is -2.26. The number of nitrogens with zero attached hydrogens (tertiary/aromatic N) is 6. The third-order valence-corrected chi connectivity index (χ3v) is 5.55. The van der Waals surface area contributed by atoms with Gasteiger partial charge in [-0.3, -0.25) is 4.79 Å². The lowest BCUT2D eigenvalue weighted by atomic mass is 10.0. The van der Waals surface area contributed by atoms with Gasteiger partial charge >= 0.3 is 0 Å². The average Bonchev–Trinajstić information content (AvgIpc) is 3.40. The number of hydrogen-bond acceptors (Lipinski definition) is 8. The molecule has 1 aliphatic rings. The van der Waals surface area contributed by atoms with Crippen LogP contribution in [-0.4, -0.2) is 37.4 Å². The van der Waals surface area contributed by atoms with Crippen molar-refractivity contribution in [1.29, 1.82) is 5.26 Å². The van der Waals surface area contributed by atoms with Crippen LogP contribution in [0.15, 0.2) is 51.8 Å². The first-order valence-electron chi connectivity index (χ1n) is 7.85. The van der Waals surface area contributed by atoms with E-state index in [1.54, 1.807) is 0 Å². The van der Waals surface area contributed by atoms with Gasteiger partial charge in [0.25, 0.3) is 5.91 Å². The number of carbonyl (C=O) groups excluding carboxylic acids is 1. The molecule has 0 bridgehead atoms. The molecule has 0 saturated heterocycles. The second kappa shape index (κ2) is 7.61. The number of thioether (sulfide) groups is 1. The number of amides is 1.